The topological polar surface area (TPSA) is 101 Å². The van der Waals surface area contributed by atoms with Crippen LogP contribution in [0.25, 0.3) is 27.0 Å². The Morgan fingerprint density at radius 3 is 2.66 bits per heavy atom. The molecule has 13 heteroatoms. The molecule has 2 aliphatic heterocycles. The van der Waals surface area contributed by atoms with Gasteiger partial charge in [0.25, 0.3) is 0 Å². The first kappa shape index (κ1) is 45.3. The lowest BCUT2D eigenvalue weighted by molar-refractivity contribution is -0.191. The molecular formula is C49H58F2N4O6S. The van der Waals surface area contributed by atoms with E-state index >= 15 is 8.78 Å². The van der Waals surface area contributed by atoms with Gasteiger partial charge in [-0.05, 0) is 130 Å². The number of thioether (sulfide) groups is 1. The fourth-order valence-electron chi connectivity index (χ4n) is 8.29. The number of carbonyl (C=O) groups is 1. The molecule has 3 aromatic carbocycles. The zero-order chi connectivity index (χ0) is 43.5. The molecule has 1 N–H and O–H groups in total. The number of nitrogens with zero attached hydrogens (tertiary/aromatic N) is 3. The highest BCUT2D eigenvalue weighted by molar-refractivity contribution is 7.99. The zero-order valence-corrected chi connectivity index (χ0v) is 36.9. The molecule has 4 heterocycles. The van der Waals surface area contributed by atoms with E-state index in [4.69, 9.17) is 30.3 Å². The Labute approximate surface area is 367 Å². The summed E-state index contributed by atoms with van der Waals surface area (Å²) in [5, 5.41) is 5.45. The monoisotopic (exact) mass is 868 g/mol. The second-order valence-corrected chi connectivity index (χ2v) is 18.1. The lowest BCUT2D eigenvalue weighted by Gasteiger charge is -2.30. The van der Waals surface area contributed by atoms with Crippen LogP contribution < -0.4 is 4.74 Å². The average molecular weight is 869 g/mol. The van der Waals surface area contributed by atoms with Gasteiger partial charge in [-0.2, -0.15) is 16.9 Å². The first-order valence-electron chi connectivity index (χ1n) is 22.0. The van der Waals surface area contributed by atoms with E-state index in [1.807, 2.05) is 36.9 Å². The highest BCUT2D eigenvalue weighted by atomic mass is 32.2. The number of benzene rings is 3. The number of esters is 1. The third-order valence-corrected chi connectivity index (χ3v) is 13.1. The summed E-state index contributed by atoms with van der Waals surface area (Å²) >= 11 is 1.83. The Bertz CT molecular complexity index is 2310. The van der Waals surface area contributed by atoms with Gasteiger partial charge < -0.3 is 28.7 Å². The van der Waals surface area contributed by atoms with Crippen molar-refractivity contribution in [3.05, 3.63) is 107 Å². The summed E-state index contributed by atoms with van der Waals surface area (Å²) in [6.07, 6.45) is 12.7. The summed E-state index contributed by atoms with van der Waals surface area (Å²) < 4.78 is 62.9. The third kappa shape index (κ3) is 11.8. The molecule has 2 saturated heterocycles. The molecule has 0 amide bonds. The maximum Gasteiger partial charge on any atom is 0.306 e. The predicted octanol–water partition coefficient (Wildman–Crippen LogP) is 12.6. The number of carbonyl (C=O) groups excluding carboxylic acids is 1. The molecule has 10 nitrogen and oxygen atoms in total. The van der Waals surface area contributed by atoms with Crippen molar-refractivity contribution in [1.29, 1.82) is 0 Å². The highest BCUT2D eigenvalue weighted by Gasteiger charge is 2.26. The minimum atomic E-state index is -0.559. The summed E-state index contributed by atoms with van der Waals surface area (Å²) in [7, 11) is 0. The molecule has 330 valence electrons. The van der Waals surface area contributed by atoms with Crippen molar-refractivity contribution < 1.29 is 37.3 Å². The number of halogens is 2. The van der Waals surface area contributed by atoms with E-state index in [-0.39, 0.29) is 58.4 Å². The first-order chi connectivity index (χ1) is 30.1. The molecule has 0 bridgehead atoms. The van der Waals surface area contributed by atoms with Crippen molar-refractivity contribution in [3.8, 4) is 22.8 Å². The molecule has 0 radical (unpaired) electrons. The van der Waals surface area contributed by atoms with Gasteiger partial charge in [0.1, 0.15) is 23.5 Å². The van der Waals surface area contributed by atoms with E-state index in [1.165, 1.54) is 24.3 Å². The lowest BCUT2D eigenvalue weighted by Crippen LogP contribution is -2.25. The predicted molar refractivity (Wildman–Crippen MR) is 239 cm³/mol. The average Bonchev–Trinajstić information content (AvgIpc) is 3.94. The molecule has 3 atom stereocenters. The normalized spacial score (nSPS) is 17.5. The number of rotatable bonds is 20. The molecule has 2 aliphatic rings. The van der Waals surface area contributed by atoms with Crippen molar-refractivity contribution in [2.75, 3.05) is 31.3 Å². The quantitative estimate of drug-likeness (QED) is 0.0469. The lowest BCUT2D eigenvalue weighted by atomic mass is 9.88. The van der Waals surface area contributed by atoms with Gasteiger partial charge in [0, 0.05) is 60.1 Å². The van der Waals surface area contributed by atoms with E-state index in [9.17, 15) is 4.79 Å². The number of hydrogen-bond acceptors (Lipinski definition) is 8. The molecule has 5 aromatic rings. The number of H-pyrrole nitrogens is 1. The number of ether oxygens (including phenoxy) is 5. The second kappa shape index (κ2) is 21.6. The van der Waals surface area contributed by atoms with Crippen LogP contribution in [0.2, 0.25) is 0 Å². The molecular weight excluding hydrogens is 811 g/mol. The third-order valence-electron chi connectivity index (χ3n) is 11.6. The molecule has 0 saturated carbocycles. The maximum absolute atomic E-state index is 15.9. The van der Waals surface area contributed by atoms with Gasteiger partial charge in [-0.25, -0.2) is 13.6 Å². The first-order valence-corrected chi connectivity index (χ1v) is 23.2. The summed E-state index contributed by atoms with van der Waals surface area (Å²) in [6.45, 7) is 15.9. The van der Waals surface area contributed by atoms with Crippen LogP contribution in [0.4, 0.5) is 14.5 Å². The minimum absolute atomic E-state index is 0.0213. The summed E-state index contributed by atoms with van der Waals surface area (Å²) in [4.78, 5) is 18.8. The number of aromatic amines is 1. The molecule has 3 unspecified atom stereocenters. The number of fused-ring (bicyclic) bond motifs is 1. The maximum atomic E-state index is 15.9. The van der Waals surface area contributed by atoms with Gasteiger partial charge in [-0.15, -0.1) is 0 Å². The van der Waals surface area contributed by atoms with Crippen LogP contribution in [0.15, 0.2) is 67.0 Å². The summed E-state index contributed by atoms with van der Waals surface area (Å²) in [5.41, 5.74) is 4.10. The van der Waals surface area contributed by atoms with Crippen LogP contribution in [0.5, 0.6) is 11.5 Å². The Balaban J connectivity index is 0.990. The number of aromatic nitrogens is 3. The van der Waals surface area contributed by atoms with Crippen molar-refractivity contribution in [2.24, 2.45) is 5.41 Å². The van der Waals surface area contributed by atoms with E-state index in [2.05, 4.69) is 40.9 Å². The van der Waals surface area contributed by atoms with Crippen LogP contribution in [-0.2, 0) is 36.6 Å². The van der Waals surface area contributed by atoms with Gasteiger partial charge in [-0.3, -0.25) is 9.48 Å². The Morgan fingerprint density at radius 1 is 1.05 bits per heavy atom. The minimum Gasteiger partial charge on any atom is -0.466 e. The summed E-state index contributed by atoms with van der Waals surface area (Å²) in [6, 6.07) is 15.9. The van der Waals surface area contributed by atoms with Crippen molar-refractivity contribution in [2.45, 2.75) is 116 Å². The van der Waals surface area contributed by atoms with Gasteiger partial charge in [0.15, 0.2) is 17.9 Å². The Hall–Kier alpha value is -4.74. The van der Waals surface area contributed by atoms with Crippen LogP contribution in [-0.4, -0.2) is 58.4 Å². The number of nitrogens with one attached hydrogen (secondary N) is 1. The standard InChI is InChI=1S/C49H58F2N4O6S/c1-5-57-45(56)20-17-33-12-10-13-34(28-33)43(61-46-16-7-9-26-59-46)14-11-23-49(2,3)32-62-27-22-37-36-21-24-53-41(36)30-40(51)48(37)60-35-18-19-39(50)38(29-35)47-42(52-4)31-55(54-47)44-15-6-8-25-58-44/h10,12-13,18-19,21,24,28-31,43-44,46,53H,5-9,11,14-17,20,22-23,25-27,32H2,1-3H3. The fraction of sp³-hybridized carbons (Fsp3) is 0.490. The van der Waals surface area contributed by atoms with Gasteiger partial charge in [0.2, 0.25) is 5.69 Å². The number of aryl methyl sites for hydroxylation is 2. The number of hydrogen-bond donors (Lipinski definition) is 1. The summed E-state index contributed by atoms with van der Waals surface area (Å²) in [5.74, 6) is 0.702. The van der Waals surface area contributed by atoms with Crippen molar-refractivity contribution in [3.63, 3.8) is 0 Å². The van der Waals surface area contributed by atoms with Crippen LogP contribution in [0.3, 0.4) is 0 Å². The van der Waals surface area contributed by atoms with E-state index in [0.29, 0.717) is 44.6 Å². The van der Waals surface area contributed by atoms with Crippen LogP contribution >= 0.6 is 11.8 Å². The van der Waals surface area contributed by atoms with Crippen LogP contribution in [0.1, 0.15) is 114 Å². The molecule has 62 heavy (non-hydrogen) atoms. The van der Waals surface area contributed by atoms with Gasteiger partial charge in [-0.1, -0.05) is 38.1 Å². The van der Waals surface area contributed by atoms with E-state index in [1.54, 1.807) is 17.1 Å². The van der Waals surface area contributed by atoms with E-state index in [0.717, 1.165) is 91.4 Å². The fourth-order valence-corrected chi connectivity index (χ4v) is 9.48. The van der Waals surface area contributed by atoms with Crippen LogP contribution in [0, 0.1) is 23.6 Å². The Kier molecular flexibility index (Phi) is 15.8. The molecule has 2 aromatic heterocycles. The SMILES string of the molecule is [C-]#[N+]c1cn(C2CCCCO2)nc1-c1cc(Oc2c(F)cc3[nH]ccc3c2CCSCC(C)(C)CCCC(OC2CCCCO2)c2cccc(CCC(=O)OCC)c2)ccc1F. The molecule has 0 spiro atoms. The largest absolute Gasteiger partial charge is 0.466 e. The smallest absolute Gasteiger partial charge is 0.306 e. The highest BCUT2D eigenvalue weighted by Crippen LogP contribution is 2.40. The van der Waals surface area contributed by atoms with Gasteiger partial charge >= 0.3 is 5.97 Å². The second-order valence-electron chi connectivity index (χ2n) is 17.0. The van der Waals surface area contributed by atoms with Gasteiger partial charge in [0.05, 0.1) is 19.3 Å². The molecule has 7 rings (SSSR count). The zero-order valence-electron chi connectivity index (χ0n) is 36.1. The molecule has 2 fully saturated rings. The molecule has 0 aliphatic carbocycles. The van der Waals surface area contributed by atoms with Crippen molar-refractivity contribution in [1.82, 2.24) is 14.8 Å². The van der Waals surface area contributed by atoms with Crippen molar-refractivity contribution >= 4 is 34.3 Å². The van der Waals surface area contributed by atoms with E-state index < -0.39 is 11.6 Å². The Morgan fingerprint density at radius 2 is 1.89 bits per heavy atom.